The van der Waals surface area contributed by atoms with Crippen molar-refractivity contribution < 1.29 is 5.11 Å². The van der Waals surface area contributed by atoms with Crippen molar-refractivity contribution >= 4 is 28.9 Å². The Kier molecular flexibility index (Phi) is 7.63. The number of anilines is 1. The summed E-state index contributed by atoms with van der Waals surface area (Å²) in [6, 6.07) is 13.0. The first-order valence-corrected chi connectivity index (χ1v) is 9.03. The summed E-state index contributed by atoms with van der Waals surface area (Å²) in [4.78, 5) is 2.11. The number of aryl methyl sites for hydroxylation is 1. The maximum atomic E-state index is 9.34. The Balaban J connectivity index is 1.64. The number of benzene rings is 2. The van der Waals surface area contributed by atoms with E-state index in [4.69, 9.17) is 23.2 Å². The Morgan fingerprint density at radius 1 is 1.12 bits per heavy atom. The third-order valence-corrected chi connectivity index (χ3v) is 4.67. The van der Waals surface area contributed by atoms with Crippen LogP contribution in [0, 0.1) is 0 Å². The molecule has 134 valence electrons. The molecule has 0 saturated heterocycles. The van der Waals surface area contributed by atoms with Gasteiger partial charge in [0.25, 0.3) is 0 Å². The molecule has 0 aromatic heterocycles. The molecule has 2 aromatic carbocycles. The minimum Gasteiger partial charge on any atom is -0.508 e. The number of phenols is 1. The van der Waals surface area contributed by atoms with E-state index in [-0.39, 0.29) is 5.75 Å². The topological polar surface area (TPSA) is 35.5 Å². The second-order valence-electron chi connectivity index (χ2n) is 6.15. The zero-order valence-electron chi connectivity index (χ0n) is 14.4. The summed E-state index contributed by atoms with van der Waals surface area (Å²) < 4.78 is 0. The summed E-state index contributed by atoms with van der Waals surface area (Å²) in [5, 5.41) is 14.0. The van der Waals surface area contributed by atoms with E-state index in [1.807, 2.05) is 37.4 Å². The van der Waals surface area contributed by atoms with Gasteiger partial charge in [-0.25, -0.2) is 0 Å². The molecular formula is C20H24Cl2N2O. The van der Waals surface area contributed by atoms with Crippen molar-refractivity contribution in [2.45, 2.75) is 12.8 Å². The van der Waals surface area contributed by atoms with Crippen LogP contribution in [0.5, 0.6) is 5.75 Å². The largest absolute Gasteiger partial charge is 0.508 e. The highest BCUT2D eigenvalue weighted by atomic mass is 35.5. The molecule has 2 N–H and O–H groups in total. The van der Waals surface area contributed by atoms with Crippen LogP contribution in [0.15, 0.2) is 54.6 Å². The minimum atomic E-state index is 0.277. The first-order valence-electron chi connectivity index (χ1n) is 8.27. The predicted octanol–water partition coefficient (Wildman–Crippen LogP) is 4.91. The molecule has 0 atom stereocenters. The highest BCUT2D eigenvalue weighted by Crippen LogP contribution is 2.23. The summed E-state index contributed by atoms with van der Waals surface area (Å²) in [7, 11) is 2.02. The molecule has 3 nitrogen and oxygen atoms in total. The normalized spacial score (nSPS) is 10.7. The highest BCUT2D eigenvalue weighted by molar-refractivity contribution is 6.42. The third-order valence-electron chi connectivity index (χ3n) is 3.93. The van der Waals surface area contributed by atoms with Crippen molar-refractivity contribution in [1.82, 2.24) is 5.32 Å². The van der Waals surface area contributed by atoms with Crippen LogP contribution in [0.3, 0.4) is 0 Å². The van der Waals surface area contributed by atoms with Gasteiger partial charge in [0.2, 0.25) is 0 Å². The minimum absolute atomic E-state index is 0.277. The van der Waals surface area contributed by atoms with Crippen molar-refractivity contribution in [3.8, 4) is 5.75 Å². The summed E-state index contributed by atoms with van der Waals surface area (Å²) in [6.07, 6.45) is 1.99. The number of halogens is 2. The Hall–Kier alpha value is -1.68. The van der Waals surface area contributed by atoms with E-state index in [9.17, 15) is 5.11 Å². The zero-order chi connectivity index (χ0) is 18.2. The standard InChI is InChI=1S/C20H24Cl2N2O/c1-15(14-24(2)17-6-8-18(25)9-7-17)13-23-11-3-4-16-5-10-19(21)20(22)12-16/h5-10,12,23,25H,1,3-4,11,13-14H2,2H3. The molecule has 0 aliphatic carbocycles. The molecule has 0 radical (unpaired) electrons. The fourth-order valence-electron chi connectivity index (χ4n) is 2.57. The number of phenolic OH excluding ortho intramolecular Hbond substituents is 1. The Morgan fingerprint density at radius 3 is 2.52 bits per heavy atom. The SMILES string of the molecule is C=C(CNCCCc1ccc(Cl)c(Cl)c1)CN(C)c1ccc(O)cc1. The number of nitrogens with one attached hydrogen (secondary N) is 1. The average molecular weight is 379 g/mol. The number of hydrogen-bond donors (Lipinski definition) is 2. The Bertz CT molecular complexity index is 701. The molecule has 0 aliphatic rings. The molecule has 0 spiro atoms. The van der Waals surface area contributed by atoms with Gasteiger partial charge in [0.05, 0.1) is 10.0 Å². The summed E-state index contributed by atoms with van der Waals surface area (Å²) in [6.45, 7) is 6.60. The second kappa shape index (κ2) is 9.71. The molecule has 5 heteroatoms. The molecule has 2 aromatic rings. The van der Waals surface area contributed by atoms with Crippen LogP contribution < -0.4 is 10.2 Å². The number of nitrogens with zero attached hydrogens (tertiary/aromatic N) is 1. The maximum absolute atomic E-state index is 9.34. The van der Waals surface area contributed by atoms with Gasteiger partial charge in [-0.15, -0.1) is 0 Å². The molecule has 0 heterocycles. The Morgan fingerprint density at radius 2 is 1.84 bits per heavy atom. The van der Waals surface area contributed by atoms with Gasteiger partial charge in [0.15, 0.2) is 0 Å². The molecule has 0 saturated carbocycles. The van der Waals surface area contributed by atoms with E-state index in [2.05, 4.69) is 16.8 Å². The van der Waals surface area contributed by atoms with Crippen LogP contribution in [-0.4, -0.2) is 31.8 Å². The first kappa shape index (κ1) is 19.6. The first-order chi connectivity index (χ1) is 12.0. The monoisotopic (exact) mass is 378 g/mol. The van der Waals surface area contributed by atoms with E-state index >= 15 is 0 Å². The van der Waals surface area contributed by atoms with Gasteiger partial charge in [0.1, 0.15) is 5.75 Å². The zero-order valence-corrected chi connectivity index (χ0v) is 15.9. The fraction of sp³-hybridized carbons (Fsp3) is 0.300. The predicted molar refractivity (Wildman–Crippen MR) is 108 cm³/mol. The second-order valence-corrected chi connectivity index (χ2v) is 6.97. The van der Waals surface area contributed by atoms with Crippen LogP contribution in [0.4, 0.5) is 5.69 Å². The number of aromatic hydroxyl groups is 1. The highest BCUT2D eigenvalue weighted by Gasteiger charge is 2.04. The van der Waals surface area contributed by atoms with Crippen LogP contribution in [0.25, 0.3) is 0 Å². The fourth-order valence-corrected chi connectivity index (χ4v) is 2.89. The van der Waals surface area contributed by atoms with E-state index < -0.39 is 0 Å². The van der Waals surface area contributed by atoms with Crippen molar-refractivity contribution in [2.24, 2.45) is 0 Å². The van der Waals surface area contributed by atoms with Crippen LogP contribution in [0.1, 0.15) is 12.0 Å². The summed E-state index contributed by atoms with van der Waals surface area (Å²) in [5.74, 6) is 0.277. The summed E-state index contributed by atoms with van der Waals surface area (Å²) >= 11 is 11.9. The van der Waals surface area contributed by atoms with Gasteiger partial charge >= 0.3 is 0 Å². The van der Waals surface area contributed by atoms with Crippen molar-refractivity contribution in [3.63, 3.8) is 0 Å². The number of likely N-dealkylation sites (N-methyl/N-ethyl adjacent to an activating group) is 1. The van der Waals surface area contributed by atoms with E-state index in [1.54, 1.807) is 12.1 Å². The molecule has 0 bridgehead atoms. The van der Waals surface area contributed by atoms with Crippen LogP contribution in [-0.2, 0) is 6.42 Å². The third kappa shape index (κ3) is 6.62. The lowest BCUT2D eigenvalue weighted by Crippen LogP contribution is -2.26. The molecule has 0 unspecified atom stereocenters. The lowest BCUT2D eigenvalue weighted by molar-refractivity contribution is 0.475. The van der Waals surface area contributed by atoms with E-state index in [0.29, 0.717) is 10.0 Å². The molecule has 0 fully saturated rings. The van der Waals surface area contributed by atoms with Gasteiger partial charge in [-0.1, -0.05) is 35.8 Å². The van der Waals surface area contributed by atoms with Crippen molar-refractivity contribution in [3.05, 3.63) is 70.2 Å². The molecule has 25 heavy (non-hydrogen) atoms. The van der Waals surface area contributed by atoms with Crippen molar-refractivity contribution in [1.29, 1.82) is 0 Å². The smallest absolute Gasteiger partial charge is 0.115 e. The van der Waals surface area contributed by atoms with Gasteiger partial charge in [0, 0.05) is 25.8 Å². The van der Waals surface area contributed by atoms with Gasteiger partial charge < -0.3 is 15.3 Å². The van der Waals surface area contributed by atoms with E-state index in [1.165, 1.54) is 5.56 Å². The Labute approximate surface area is 159 Å². The average Bonchev–Trinajstić information content (AvgIpc) is 2.58. The van der Waals surface area contributed by atoms with Crippen LogP contribution in [0.2, 0.25) is 10.0 Å². The number of rotatable bonds is 9. The van der Waals surface area contributed by atoms with Gasteiger partial charge in [-0.05, 0) is 66.9 Å². The van der Waals surface area contributed by atoms with Crippen molar-refractivity contribution in [2.75, 3.05) is 31.6 Å². The summed E-state index contributed by atoms with van der Waals surface area (Å²) in [5.41, 5.74) is 3.37. The number of hydrogen-bond acceptors (Lipinski definition) is 3. The van der Waals surface area contributed by atoms with Gasteiger partial charge in [-0.2, -0.15) is 0 Å². The van der Waals surface area contributed by atoms with Gasteiger partial charge in [-0.3, -0.25) is 0 Å². The molecular weight excluding hydrogens is 355 g/mol. The maximum Gasteiger partial charge on any atom is 0.115 e. The molecule has 2 rings (SSSR count). The lowest BCUT2D eigenvalue weighted by Gasteiger charge is -2.21. The quantitative estimate of drug-likeness (QED) is 0.480. The molecule has 0 amide bonds. The molecule has 0 aliphatic heterocycles. The van der Waals surface area contributed by atoms with Crippen LogP contribution >= 0.6 is 23.2 Å². The van der Waals surface area contributed by atoms with E-state index in [0.717, 1.165) is 43.7 Å². The lowest BCUT2D eigenvalue weighted by atomic mass is 10.1.